The number of carbonyl (C=O) groups excluding carboxylic acids is 1. The second-order valence-electron chi connectivity index (χ2n) is 8.38. The molecule has 166 valence electrons. The van der Waals surface area contributed by atoms with E-state index in [0.29, 0.717) is 12.0 Å². The van der Waals surface area contributed by atoms with Crippen molar-refractivity contribution in [2.24, 2.45) is 10.9 Å². The van der Waals surface area contributed by atoms with E-state index in [2.05, 4.69) is 32.7 Å². The van der Waals surface area contributed by atoms with Gasteiger partial charge in [-0.1, -0.05) is 23.7 Å². The molecular formula is C22H34ClN5O2. The number of likely N-dealkylation sites (N-methyl/N-ethyl adjacent to an activating group) is 1. The fourth-order valence-electron chi connectivity index (χ4n) is 3.70. The summed E-state index contributed by atoms with van der Waals surface area (Å²) >= 11 is 5.98. The van der Waals surface area contributed by atoms with Crippen LogP contribution < -0.4 is 10.6 Å². The van der Waals surface area contributed by atoms with Gasteiger partial charge in [0.1, 0.15) is 6.54 Å². The number of nitrogens with zero attached hydrogens (tertiary/aromatic N) is 3. The number of amides is 1. The van der Waals surface area contributed by atoms with Crippen molar-refractivity contribution in [2.45, 2.75) is 31.8 Å². The fraction of sp³-hybridized carbons (Fsp3) is 0.636. The van der Waals surface area contributed by atoms with Crippen molar-refractivity contribution in [1.29, 1.82) is 0 Å². The van der Waals surface area contributed by atoms with Crippen LogP contribution in [0.1, 0.15) is 24.8 Å². The third kappa shape index (κ3) is 7.45. The largest absolute Gasteiger partial charge is 0.381 e. The minimum Gasteiger partial charge on any atom is -0.381 e. The van der Waals surface area contributed by atoms with E-state index < -0.39 is 0 Å². The highest BCUT2D eigenvalue weighted by Gasteiger charge is 2.21. The maximum absolute atomic E-state index is 12.0. The lowest BCUT2D eigenvalue weighted by Crippen LogP contribution is -2.49. The van der Waals surface area contributed by atoms with Gasteiger partial charge in [-0.2, -0.15) is 0 Å². The molecule has 2 aliphatic heterocycles. The van der Waals surface area contributed by atoms with Crippen LogP contribution in [0.25, 0.3) is 0 Å². The van der Waals surface area contributed by atoms with Gasteiger partial charge in [0.25, 0.3) is 0 Å². The van der Waals surface area contributed by atoms with Crippen molar-refractivity contribution in [3.8, 4) is 0 Å². The lowest BCUT2D eigenvalue weighted by atomic mass is 10.0. The van der Waals surface area contributed by atoms with E-state index >= 15 is 0 Å². The number of piperidine rings is 1. The number of aliphatic imine (C=N–C) groups is 1. The van der Waals surface area contributed by atoms with Crippen LogP contribution in [-0.2, 0) is 16.1 Å². The number of guanidine groups is 1. The first kappa shape index (κ1) is 22.8. The summed E-state index contributed by atoms with van der Waals surface area (Å²) in [4.78, 5) is 20.5. The molecule has 1 aromatic carbocycles. The van der Waals surface area contributed by atoms with Crippen LogP contribution >= 0.6 is 11.6 Å². The molecule has 30 heavy (non-hydrogen) atoms. The molecule has 1 amide bonds. The molecule has 0 radical (unpaired) electrons. The van der Waals surface area contributed by atoms with Gasteiger partial charge in [0.2, 0.25) is 5.91 Å². The molecule has 0 aliphatic carbocycles. The topological polar surface area (TPSA) is 69.2 Å². The summed E-state index contributed by atoms with van der Waals surface area (Å²) in [7, 11) is 3.51. The van der Waals surface area contributed by atoms with E-state index in [1.54, 1.807) is 19.0 Å². The Bertz CT molecular complexity index is 696. The highest BCUT2D eigenvalue weighted by molar-refractivity contribution is 6.30. The Labute approximate surface area is 184 Å². The average molecular weight is 436 g/mol. The Hall–Kier alpha value is -1.83. The van der Waals surface area contributed by atoms with Gasteiger partial charge < -0.3 is 20.3 Å². The summed E-state index contributed by atoms with van der Waals surface area (Å²) in [6.07, 6.45) is 3.16. The smallest absolute Gasteiger partial charge is 0.243 e. The quantitative estimate of drug-likeness (QED) is 0.506. The fourth-order valence-corrected chi connectivity index (χ4v) is 3.83. The van der Waals surface area contributed by atoms with Crippen LogP contribution in [0.4, 0.5) is 0 Å². The van der Waals surface area contributed by atoms with Crippen molar-refractivity contribution >= 4 is 23.5 Å². The third-order valence-corrected chi connectivity index (χ3v) is 5.95. The molecule has 2 heterocycles. The summed E-state index contributed by atoms with van der Waals surface area (Å²) in [5.74, 6) is 1.23. The van der Waals surface area contributed by atoms with Gasteiger partial charge in [0.05, 0.1) is 6.61 Å². The number of hydrogen-bond donors (Lipinski definition) is 2. The number of halogens is 1. The molecule has 0 bridgehead atoms. The van der Waals surface area contributed by atoms with E-state index in [-0.39, 0.29) is 12.5 Å². The van der Waals surface area contributed by atoms with Crippen molar-refractivity contribution in [1.82, 2.24) is 20.4 Å². The number of rotatable bonds is 7. The normalized spacial score (nSPS) is 20.9. The van der Waals surface area contributed by atoms with Gasteiger partial charge in [-0.3, -0.25) is 9.69 Å². The van der Waals surface area contributed by atoms with Crippen LogP contribution in [-0.4, -0.2) is 81.2 Å². The first-order valence-electron chi connectivity index (χ1n) is 10.8. The van der Waals surface area contributed by atoms with Gasteiger partial charge in [-0.25, -0.2) is 4.99 Å². The Kier molecular flexibility index (Phi) is 8.78. The Morgan fingerprint density at radius 3 is 2.60 bits per heavy atom. The number of ether oxygens (including phenoxy) is 1. The van der Waals surface area contributed by atoms with Gasteiger partial charge in [-0.15, -0.1) is 0 Å². The van der Waals surface area contributed by atoms with Crippen LogP contribution in [0.3, 0.4) is 0 Å². The van der Waals surface area contributed by atoms with Crippen LogP contribution in [0.2, 0.25) is 5.02 Å². The molecule has 1 aromatic rings. The van der Waals surface area contributed by atoms with E-state index in [1.165, 1.54) is 5.56 Å². The molecule has 8 heteroatoms. The van der Waals surface area contributed by atoms with Crippen molar-refractivity contribution < 1.29 is 9.53 Å². The van der Waals surface area contributed by atoms with Gasteiger partial charge >= 0.3 is 0 Å². The summed E-state index contributed by atoms with van der Waals surface area (Å²) in [5.41, 5.74) is 1.29. The molecule has 1 unspecified atom stereocenters. The Balaban J connectivity index is 1.48. The maximum atomic E-state index is 12.0. The number of likely N-dealkylation sites (tertiary alicyclic amines) is 1. The molecule has 0 spiro atoms. The molecule has 7 nitrogen and oxygen atoms in total. The summed E-state index contributed by atoms with van der Waals surface area (Å²) in [6, 6.07) is 8.44. The standard InChI is InChI=1S/C22H34ClN5O2/c1-27(2)21(29)14-25-22(24-13-18-9-12-30-16-18)26-20-7-10-28(11-8-20)15-17-3-5-19(23)6-4-17/h3-6,18,20H,7-16H2,1-2H3,(H2,24,25,26). The highest BCUT2D eigenvalue weighted by Crippen LogP contribution is 2.16. The Morgan fingerprint density at radius 2 is 1.97 bits per heavy atom. The SMILES string of the molecule is CN(C)C(=O)CN=C(NCC1CCOC1)NC1CCN(Cc2ccc(Cl)cc2)CC1. The van der Waals surface area contributed by atoms with Crippen LogP contribution in [0, 0.1) is 5.92 Å². The molecule has 2 saturated heterocycles. The lowest BCUT2D eigenvalue weighted by molar-refractivity contribution is -0.127. The number of carbonyl (C=O) groups is 1. The first-order valence-corrected chi connectivity index (χ1v) is 11.2. The number of hydrogen-bond acceptors (Lipinski definition) is 4. The molecule has 2 N–H and O–H groups in total. The predicted molar refractivity (Wildman–Crippen MR) is 121 cm³/mol. The second kappa shape index (κ2) is 11.5. The monoisotopic (exact) mass is 435 g/mol. The number of benzene rings is 1. The lowest BCUT2D eigenvalue weighted by Gasteiger charge is -2.33. The van der Waals surface area contributed by atoms with E-state index in [4.69, 9.17) is 16.3 Å². The molecule has 1 atom stereocenters. The first-order chi connectivity index (χ1) is 14.5. The minimum absolute atomic E-state index is 0.00177. The molecular weight excluding hydrogens is 402 g/mol. The zero-order chi connectivity index (χ0) is 21.3. The van der Waals surface area contributed by atoms with E-state index in [1.807, 2.05) is 12.1 Å². The summed E-state index contributed by atoms with van der Waals surface area (Å²) < 4.78 is 5.46. The van der Waals surface area contributed by atoms with Crippen LogP contribution in [0.15, 0.2) is 29.3 Å². The zero-order valence-electron chi connectivity index (χ0n) is 18.1. The predicted octanol–water partition coefficient (Wildman–Crippen LogP) is 1.96. The molecule has 0 aromatic heterocycles. The van der Waals surface area contributed by atoms with E-state index in [9.17, 15) is 4.79 Å². The van der Waals surface area contributed by atoms with Crippen molar-refractivity contribution in [3.05, 3.63) is 34.9 Å². The average Bonchev–Trinajstić information content (AvgIpc) is 3.26. The summed E-state index contributed by atoms with van der Waals surface area (Å²) in [6.45, 7) is 5.59. The van der Waals surface area contributed by atoms with Gasteiger partial charge in [0, 0.05) is 63.9 Å². The minimum atomic E-state index is -0.00177. The molecule has 3 rings (SSSR count). The zero-order valence-corrected chi connectivity index (χ0v) is 18.8. The molecule has 0 saturated carbocycles. The number of nitrogens with one attached hydrogen (secondary N) is 2. The van der Waals surface area contributed by atoms with Crippen molar-refractivity contribution in [3.63, 3.8) is 0 Å². The van der Waals surface area contributed by atoms with Crippen molar-refractivity contribution in [2.75, 3.05) is 53.5 Å². The third-order valence-electron chi connectivity index (χ3n) is 5.70. The summed E-state index contributed by atoms with van der Waals surface area (Å²) in [5, 5.41) is 7.75. The van der Waals surface area contributed by atoms with Gasteiger partial charge in [-0.05, 0) is 37.0 Å². The van der Waals surface area contributed by atoms with Gasteiger partial charge in [0.15, 0.2) is 5.96 Å². The Morgan fingerprint density at radius 1 is 1.23 bits per heavy atom. The van der Waals surface area contributed by atoms with E-state index in [0.717, 1.165) is 69.6 Å². The second-order valence-corrected chi connectivity index (χ2v) is 8.82. The highest BCUT2D eigenvalue weighted by atomic mass is 35.5. The van der Waals surface area contributed by atoms with Crippen LogP contribution in [0.5, 0.6) is 0 Å². The molecule has 2 fully saturated rings. The maximum Gasteiger partial charge on any atom is 0.243 e. The molecule has 2 aliphatic rings.